The van der Waals surface area contributed by atoms with E-state index in [2.05, 4.69) is 83.5 Å². The van der Waals surface area contributed by atoms with Gasteiger partial charge in [0.1, 0.15) is 0 Å². The van der Waals surface area contributed by atoms with E-state index >= 15 is 0 Å². The van der Waals surface area contributed by atoms with E-state index in [1.54, 1.807) is 0 Å². The first-order valence-corrected chi connectivity index (χ1v) is 7.99. The predicted octanol–water partition coefficient (Wildman–Crippen LogP) is 3.70. The number of hydrogen-bond acceptors (Lipinski definition) is 2. The fourth-order valence-electron chi connectivity index (χ4n) is 2.94. The molecule has 0 amide bonds. The van der Waals surface area contributed by atoms with E-state index in [9.17, 15) is 0 Å². The van der Waals surface area contributed by atoms with Crippen LogP contribution in [0.25, 0.3) is 10.9 Å². The average molecular weight is 299 g/mol. The van der Waals surface area contributed by atoms with Gasteiger partial charge in [-0.05, 0) is 59.9 Å². The van der Waals surface area contributed by atoms with Crippen molar-refractivity contribution >= 4 is 23.5 Å². The number of fused-ring (bicyclic) bond motifs is 1. The Hall–Kier alpha value is -1.26. The minimum Gasteiger partial charge on any atom is -0.399 e. The average Bonchev–Trinajstić information content (AvgIpc) is 2.88. The summed E-state index contributed by atoms with van der Waals surface area (Å²) in [5, 5.41) is 1.22. The molecular formula is C18H26BNO2. The molecule has 1 saturated heterocycles. The summed E-state index contributed by atoms with van der Waals surface area (Å²) in [5.41, 5.74) is 1.68. The van der Waals surface area contributed by atoms with Gasteiger partial charge in [-0.2, -0.15) is 0 Å². The van der Waals surface area contributed by atoms with E-state index in [1.807, 2.05) is 0 Å². The Labute approximate surface area is 133 Å². The summed E-state index contributed by atoms with van der Waals surface area (Å²) in [4.78, 5) is 0. The third-order valence-electron chi connectivity index (χ3n) is 4.97. The summed E-state index contributed by atoms with van der Waals surface area (Å²) in [6.07, 6.45) is 2.15. The first-order chi connectivity index (χ1) is 10.0. The quantitative estimate of drug-likeness (QED) is 0.750. The lowest BCUT2D eigenvalue weighted by Crippen LogP contribution is -2.41. The highest BCUT2D eigenvalue weighted by Gasteiger charge is 2.52. The normalized spacial score (nSPS) is 20.8. The van der Waals surface area contributed by atoms with Crippen LogP contribution >= 0.6 is 0 Å². The van der Waals surface area contributed by atoms with Gasteiger partial charge < -0.3 is 13.9 Å². The number of rotatable bonds is 1. The monoisotopic (exact) mass is 299 g/mol. The van der Waals surface area contributed by atoms with E-state index in [0.717, 1.165) is 5.46 Å². The molecule has 22 heavy (non-hydrogen) atoms. The van der Waals surface area contributed by atoms with Gasteiger partial charge in [-0.1, -0.05) is 18.2 Å². The molecule has 2 aromatic rings. The van der Waals surface area contributed by atoms with Crippen LogP contribution in [-0.2, 0) is 14.8 Å². The molecule has 1 aliphatic rings. The van der Waals surface area contributed by atoms with Crippen molar-refractivity contribution in [1.82, 2.24) is 4.57 Å². The summed E-state index contributed by atoms with van der Waals surface area (Å²) in [7, 11) is -0.329. The summed E-state index contributed by atoms with van der Waals surface area (Å²) in [5.74, 6) is 0. The van der Waals surface area contributed by atoms with Crippen molar-refractivity contribution < 1.29 is 9.31 Å². The zero-order valence-corrected chi connectivity index (χ0v) is 14.7. The topological polar surface area (TPSA) is 23.4 Å². The van der Waals surface area contributed by atoms with Crippen molar-refractivity contribution in [2.24, 2.45) is 0 Å². The Morgan fingerprint density at radius 3 is 2.09 bits per heavy atom. The van der Waals surface area contributed by atoms with E-state index in [0.29, 0.717) is 0 Å². The third kappa shape index (κ3) is 2.29. The summed E-state index contributed by atoms with van der Waals surface area (Å²) in [6.45, 7) is 15.0. The maximum absolute atomic E-state index is 6.26. The van der Waals surface area contributed by atoms with Crippen LogP contribution in [0.2, 0.25) is 0 Å². The Kier molecular flexibility index (Phi) is 3.28. The maximum Gasteiger partial charge on any atom is 0.497 e. The molecule has 2 heterocycles. The van der Waals surface area contributed by atoms with Gasteiger partial charge >= 0.3 is 7.12 Å². The Morgan fingerprint density at radius 1 is 0.955 bits per heavy atom. The molecule has 0 N–H and O–H groups in total. The van der Waals surface area contributed by atoms with Crippen molar-refractivity contribution in [3.63, 3.8) is 0 Å². The molecule has 3 rings (SSSR count). The molecular weight excluding hydrogens is 273 g/mol. The van der Waals surface area contributed by atoms with E-state index < -0.39 is 0 Å². The fraction of sp³-hybridized carbons (Fsp3) is 0.556. The lowest BCUT2D eigenvalue weighted by molar-refractivity contribution is 0.00578. The van der Waals surface area contributed by atoms with Crippen molar-refractivity contribution in [2.75, 3.05) is 0 Å². The first-order valence-electron chi connectivity index (χ1n) is 7.99. The smallest absolute Gasteiger partial charge is 0.399 e. The number of aromatic nitrogens is 1. The predicted molar refractivity (Wildman–Crippen MR) is 92.7 cm³/mol. The third-order valence-corrected chi connectivity index (χ3v) is 4.97. The van der Waals surface area contributed by atoms with E-state index in [1.165, 1.54) is 10.9 Å². The van der Waals surface area contributed by atoms with Gasteiger partial charge in [0.05, 0.1) is 11.2 Å². The lowest BCUT2D eigenvalue weighted by Gasteiger charge is -2.32. The molecule has 0 spiro atoms. The van der Waals surface area contributed by atoms with Crippen LogP contribution < -0.4 is 5.46 Å². The molecule has 1 aliphatic heterocycles. The molecule has 1 fully saturated rings. The minimum absolute atomic E-state index is 0.0154. The van der Waals surface area contributed by atoms with Crippen molar-refractivity contribution in [1.29, 1.82) is 0 Å². The van der Waals surface area contributed by atoms with Crippen LogP contribution in [0.15, 0.2) is 30.5 Å². The van der Waals surface area contributed by atoms with Crippen molar-refractivity contribution in [3.8, 4) is 0 Å². The minimum atomic E-state index is -0.329. The van der Waals surface area contributed by atoms with E-state index in [-0.39, 0.29) is 23.9 Å². The Bertz CT molecular complexity index is 693. The molecule has 1 aromatic carbocycles. The van der Waals surface area contributed by atoms with Crippen LogP contribution in [0.5, 0.6) is 0 Å². The largest absolute Gasteiger partial charge is 0.497 e. The molecule has 0 saturated carbocycles. The maximum atomic E-state index is 6.26. The second-order valence-electron chi connectivity index (χ2n) is 8.23. The van der Waals surface area contributed by atoms with Gasteiger partial charge in [-0.25, -0.2) is 0 Å². The van der Waals surface area contributed by atoms with Crippen LogP contribution in [-0.4, -0.2) is 22.9 Å². The van der Waals surface area contributed by atoms with Crippen LogP contribution in [0, 0.1) is 0 Å². The Balaban J connectivity index is 2.15. The molecule has 0 radical (unpaired) electrons. The molecule has 0 unspecified atom stereocenters. The van der Waals surface area contributed by atoms with Crippen molar-refractivity contribution in [3.05, 3.63) is 30.5 Å². The lowest BCUT2D eigenvalue weighted by atomic mass is 9.77. The fourth-order valence-corrected chi connectivity index (χ4v) is 2.94. The van der Waals surface area contributed by atoms with Gasteiger partial charge in [0.25, 0.3) is 0 Å². The second-order valence-corrected chi connectivity index (χ2v) is 8.23. The second kappa shape index (κ2) is 4.62. The molecule has 0 aliphatic carbocycles. The van der Waals surface area contributed by atoms with Gasteiger partial charge in [-0.15, -0.1) is 0 Å². The Morgan fingerprint density at radius 2 is 1.55 bits per heavy atom. The molecule has 4 heteroatoms. The SMILES string of the molecule is CC(C)(C)n1ccc2cccc(B3OC(C)(C)C(C)(C)O3)c21. The number of para-hydroxylation sites is 1. The zero-order valence-electron chi connectivity index (χ0n) is 14.7. The highest BCUT2D eigenvalue weighted by atomic mass is 16.7. The highest BCUT2D eigenvalue weighted by Crippen LogP contribution is 2.37. The summed E-state index contributed by atoms with van der Waals surface area (Å²) >= 11 is 0. The van der Waals surface area contributed by atoms with Gasteiger partial charge in [0.2, 0.25) is 0 Å². The molecule has 1 aromatic heterocycles. The van der Waals surface area contributed by atoms with Crippen molar-refractivity contribution in [2.45, 2.75) is 65.2 Å². The molecule has 0 atom stereocenters. The first kappa shape index (κ1) is 15.6. The number of hydrogen-bond donors (Lipinski definition) is 0. The van der Waals surface area contributed by atoms with Crippen LogP contribution in [0.4, 0.5) is 0 Å². The van der Waals surface area contributed by atoms with Crippen LogP contribution in [0.3, 0.4) is 0 Å². The molecule has 0 bridgehead atoms. The summed E-state index contributed by atoms with van der Waals surface area (Å²) < 4.78 is 14.8. The molecule has 3 nitrogen and oxygen atoms in total. The van der Waals surface area contributed by atoms with Gasteiger partial charge in [-0.3, -0.25) is 0 Å². The number of benzene rings is 1. The van der Waals surface area contributed by atoms with Gasteiger partial charge in [0, 0.05) is 22.7 Å². The van der Waals surface area contributed by atoms with Gasteiger partial charge in [0.15, 0.2) is 0 Å². The van der Waals surface area contributed by atoms with Crippen LogP contribution in [0.1, 0.15) is 48.5 Å². The zero-order chi connectivity index (χ0) is 16.3. The molecule has 118 valence electrons. The summed E-state index contributed by atoms with van der Waals surface area (Å²) in [6, 6.07) is 8.50. The highest BCUT2D eigenvalue weighted by molar-refractivity contribution is 6.65. The van der Waals surface area contributed by atoms with E-state index in [4.69, 9.17) is 9.31 Å². The standard InChI is InChI=1S/C18H26BNO2/c1-16(2,3)20-12-11-13-9-8-10-14(15(13)20)19-21-17(4,5)18(6,7)22-19/h8-12H,1-7H3. The number of nitrogens with zero attached hydrogens (tertiary/aromatic N) is 1.